The highest BCUT2D eigenvalue weighted by molar-refractivity contribution is 7.92. The Morgan fingerprint density at radius 2 is 1.57 bits per heavy atom. The Morgan fingerprint density at radius 1 is 0.893 bits per heavy atom. The predicted octanol–water partition coefficient (Wildman–Crippen LogP) is 4.52. The summed E-state index contributed by atoms with van der Waals surface area (Å²) in [5.41, 5.74) is 2.48. The summed E-state index contributed by atoms with van der Waals surface area (Å²) in [6.07, 6.45) is -0.603. The second kappa shape index (κ2) is 6.63. The van der Waals surface area contributed by atoms with E-state index in [1.165, 1.54) is 4.31 Å². The first-order valence-corrected chi connectivity index (χ1v) is 9.94. The summed E-state index contributed by atoms with van der Waals surface area (Å²) in [7, 11) is -3.94. The summed E-state index contributed by atoms with van der Waals surface area (Å²) in [4.78, 5) is 3.82. The molecule has 1 aromatic heterocycles. The molecular formula is C20H15F3N2O2S. The Balaban J connectivity index is 1.67. The van der Waals surface area contributed by atoms with Gasteiger partial charge in [-0.05, 0) is 71.6 Å². The van der Waals surface area contributed by atoms with Crippen molar-refractivity contribution in [1.29, 1.82) is 0 Å². The van der Waals surface area contributed by atoms with Crippen molar-refractivity contribution in [3.05, 3.63) is 78.1 Å². The molecule has 4 rings (SSSR count). The molecule has 4 nitrogen and oxygen atoms in total. The minimum atomic E-state index is -4.51. The lowest BCUT2D eigenvalue weighted by Crippen LogP contribution is -2.29. The molecule has 0 aliphatic carbocycles. The Kier molecular flexibility index (Phi) is 4.38. The van der Waals surface area contributed by atoms with Crippen molar-refractivity contribution in [2.24, 2.45) is 0 Å². The molecule has 2 aromatic carbocycles. The van der Waals surface area contributed by atoms with Crippen molar-refractivity contribution in [3.63, 3.8) is 0 Å². The lowest BCUT2D eigenvalue weighted by atomic mass is 10.0. The third-order valence-corrected chi connectivity index (χ3v) is 6.54. The van der Waals surface area contributed by atoms with E-state index in [9.17, 15) is 21.6 Å². The summed E-state index contributed by atoms with van der Waals surface area (Å²) in [6, 6.07) is 12.8. The van der Waals surface area contributed by atoms with Gasteiger partial charge in [0.15, 0.2) is 0 Å². The van der Waals surface area contributed by atoms with Gasteiger partial charge in [-0.25, -0.2) is 8.42 Å². The van der Waals surface area contributed by atoms with Gasteiger partial charge in [-0.3, -0.25) is 9.29 Å². The third-order valence-electron chi connectivity index (χ3n) is 4.72. The summed E-state index contributed by atoms with van der Waals surface area (Å²) >= 11 is 0. The van der Waals surface area contributed by atoms with Crippen LogP contribution < -0.4 is 4.31 Å². The number of aromatic nitrogens is 1. The maximum Gasteiger partial charge on any atom is 0.416 e. The third kappa shape index (κ3) is 3.24. The molecule has 0 amide bonds. The fourth-order valence-corrected chi connectivity index (χ4v) is 4.79. The topological polar surface area (TPSA) is 50.3 Å². The van der Waals surface area contributed by atoms with Crippen LogP contribution in [0, 0.1) is 0 Å². The van der Waals surface area contributed by atoms with Gasteiger partial charge >= 0.3 is 6.18 Å². The van der Waals surface area contributed by atoms with E-state index in [1.54, 1.807) is 18.5 Å². The van der Waals surface area contributed by atoms with Crippen LogP contribution in [0.5, 0.6) is 0 Å². The SMILES string of the molecule is O=S(=O)(c1ccc(C(F)(F)F)cc1)N1CCc2cc(-c3ccncc3)ccc21. The van der Waals surface area contributed by atoms with Gasteiger partial charge < -0.3 is 0 Å². The lowest BCUT2D eigenvalue weighted by molar-refractivity contribution is -0.137. The molecule has 0 fully saturated rings. The van der Waals surface area contributed by atoms with Crippen molar-refractivity contribution in [2.45, 2.75) is 17.5 Å². The second-order valence-corrected chi connectivity index (χ2v) is 8.29. The molecule has 0 spiro atoms. The van der Waals surface area contributed by atoms with E-state index in [1.807, 2.05) is 24.3 Å². The normalized spacial score (nSPS) is 14.2. The van der Waals surface area contributed by atoms with E-state index >= 15 is 0 Å². The van der Waals surface area contributed by atoms with E-state index in [4.69, 9.17) is 0 Å². The van der Waals surface area contributed by atoms with Gasteiger partial charge in [-0.1, -0.05) is 6.07 Å². The van der Waals surface area contributed by atoms with Gasteiger partial charge in [-0.15, -0.1) is 0 Å². The number of nitrogens with zero attached hydrogens (tertiary/aromatic N) is 2. The van der Waals surface area contributed by atoms with Gasteiger partial charge in [0.1, 0.15) is 0 Å². The van der Waals surface area contributed by atoms with Crippen LogP contribution in [0.2, 0.25) is 0 Å². The molecule has 0 N–H and O–H groups in total. The average molecular weight is 404 g/mol. The first-order chi connectivity index (χ1) is 13.3. The van der Waals surface area contributed by atoms with Gasteiger partial charge in [0.25, 0.3) is 10.0 Å². The molecule has 8 heteroatoms. The molecule has 0 saturated heterocycles. The zero-order chi connectivity index (χ0) is 19.9. The highest BCUT2D eigenvalue weighted by atomic mass is 32.2. The van der Waals surface area contributed by atoms with Crippen molar-refractivity contribution >= 4 is 15.7 Å². The fourth-order valence-electron chi connectivity index (χ4n) is 3.29. The number of hydrogen-bond acceptors (Lipinski definition) is 3. The smallest absolute Gasteiger partial charge is 0.266 e. The number of anilines is 1. The molecule has 0 saturated carbocycles. The number of halogens is 3. The van der Waals surface area contributed by atoms with Crippen molar-refractivity contribution < 1.29 is 21.6 Å². The number of hydrogen-bond donors (Lipinski definition) is 0. The zero-order valence-electron chi connectivity index (χ0n) is 14.5. The quantitative estimate of drug-likeness (QED) is 0.645. The highest BCUT2D eigenvalue weighted by Gasteiger charge is 2.33. The lowest BCUT2D eigenvalue weighted by Gasteiger charge is -2.20. The molecule has 3 aromatic rings. The van der Waals surface area contributed by atoms with E-state index in [2.05, 4.69) is 4.98 Å². The number of alkyl halides is 3. The zero-order valence-corrected chi connectivity index (χ0v) is 15.3. The molecule has 144 valence electrons. The summed E-state index contributed by atoms with van der Waals surface area (Å²) < 4.78 is 65.3. The van der Waals surface area contributed by atoms with Gasteiger partial charge in [-0.2, -0.15) is 13.2 Å². The number of rotatable bonds is 3. The Morgan fingerprint density at radius 3 is 2.21 bits per heavy atom. The first-order valence-electron chi connectivity index (χ1n) is 8.50. The highest BCUT2D eigenvalue weighted by Crippen LogP contribution is 2.36. The number of benzene rings is 2. The largest absolute Gasteiger partial charge is 0.416 e. The Labute approximate surface area is 160 Å². The van der Waals surface area contributed by atoms with Crippen LogP contribution in [-0.4, -0.2) is 19.9 Å². The molecule has 0 radical (unpaired) electrons. The van der Waals surface area contributed by atoms with E-state index in [0.717, 1.165) is 41.0 Å². The van der Waals surface area contributed by atoms with Crippen molar-refractivity contribution in [3.8, 4) is 11.1 Å². The van der Waals surface area contributed by atoms with E-state index in [0.29, 0.717) is 12.1 Å². The summed E-state index contributed by atoms with van der Waals surface area (Å²) in [5, 5.41) is 0. The molecule has 0 atom stereocenters. The number of fused-ring (bicyclic) bond motifs is 1. The van der Waals surface area contributed by atoms with Crippen LogP contribution in [0.3, 0.4) is 0 Å². The molecule has 2 heterocycles. The van der Waals surface area contributed by atoms with Crippen molar-refractivity contribution in [1.82, 2.24) is 4.98 Å². The standard InChI is InChI=1S/C20H15F3N2O2S/c21-20(22,23)17-2-4-18(5-3-17)28(26,27)25-12-9-16-13-15(1-6-19(16)25)14-7-10-24-11-8-14/h1-8,10-11,13H,9,12H2. The first kappa shape index (κ1) is 18.5. The molecule has 28 heavy (non-hydrogen) atoms. The molecule has 1 aliphatic rings. The van der Waals surface area contributed by atoms with E-state index in [-0.39, 0.29) is 11.4 Å². The molecular weight excluding hydrogens is 389 g/mol. The minimum absolute atomic E-state index is 0.161. The van der Waals surface area contributed by atoms with Gasteiger partial charge in [0.05, 0.1) is 16.1 Å². The van der Waals surface area contributed by atoms with Crippen LogP contribution in [0.15, 0.2) is 71.9 Å². The van der Waals surface area contributed by atoms with Crippen LogP contribution in [-0.2, 0) is 22.6 Å². The van der Waals surface area contributed by atoms with Gasteiger partial charge in [0, 0.05) is 18.9 Å². The summed E-state index contributed by atoms with van der Waals surface area (Å²) in [6.45, 7) is 0.248. The van der Waals surface area contributed by atoms with E-state index < -0.39 is 21.8 Å². The molecule has 1 aliphatic heterocycles. The van der Waals surface area contributed by atoms with Crippen LogP contribution in [0.4, 0.5) is 18.9 Å². The van der Waals surface area contributed by atoms with Crippen LogP contribution in [0.1, 0.15) is 11.1 Å². The summed E-state index contributed by atoms with van der Waals surface area (Å²) in [5.74, 6) is 0. The Hall–Kier alpha value is -2.87. The monoisotopic (exact) mass is 404 g/mol. The van der Waals surface area contributed by atoms with Crippen LogP contribution >= 0.6 is 0 Å². The molecule has 0 bridgehead atoms. The maximum absolute atomic E-state index is 12.9. The molecule has 0 unspecified atom stereocenters. The Bertz CT molecular complexity index is 1110. The predicted molar refractivity (Wildman–Crippen MR) is 99.4 cm³/mol. The fraction of sp³-hybridized carbons (Fsp3) is 0.150. The number of pyridine rings is 1. The van der Waals surface area contributed by atoms with Gasteiger partial charge in [0.2, 0.25) is 0 Å². The number of sulfonamides is 1. The maximum atomic E-state index is 12.9. The van der Waals surface area contributed by atoms with Crippen LogP contribution in [0.25, 0.3) is 11.1 Å². The second-order valence-electron chi connectivity index (χ2n) is 6.43. The average Bonchev–Trinajstić information content (AvgIpc) is 3.12. The minimum Gasteiger partial charge on any atom is -0.266 e. The van der Waals surface area contributed by atoms with Crippen molar-refractivity contribution in [2.75, 3.05) is 10.8 Å².